The van der Waals surface area contributed by atoms with Crippen LogP contribution >= 0.6 is 21.6 Å². The smallest absolute Gasteiger partial charge is 0.414 e. The van der Waals surface area contributed by atoms with Gasteiger partial charge in [-0.25, -0.2) is 4.79 Å². The van der Waals surface area contributed by atoms with E-state index in [1.54, 1.807) is 26.5 Å². The molecule has 0 bridgehead atoms. The van der Waals surface area contributed by atoms with Crippen molar-refractivity contribution in [3.8, 4) is 0 Å². The summed E-state index contributed by atoms with van der Waals surface area (Å²) in [6, 6.07) is 7.92. The molecule has 0 radical (unpaired) electrons. The Kier molecular flexibility index (Phi) is 15.9. The van der Waals surface area contributed by atoms with E-state index in [0.29, 0.717) is 59.3 Å². The Hall–Kier alpha value is -1.62. The summed E-state index contributed by atoms with van der Waals surface area (Å²) in [4.78, 5) is 17.1. The van der Waals surface area contributed by atoms with E-state index in [0.717, 1.165) is 12.1 Å². The molecule has 33 heavy (non-hydrogen) atoms. The molecular formula is C22H36N4O5S2. The Bertz CT molecular complexity index is 715. The lowest BCUT2D eigenvalue weighted by Gasteiger charge is -2.26. The number of amides is 1. The van der Waals surface area contributed by atoms with Crippen LogP contribution in [0.3, 0.4) is 0 Å². The fourth-order valence-corrected chi connectivity index (χ4v) is 4.70. The van der Waals surface area contributed by atoms with Gasteiger partial charge >= 0.3 is 6.09 Å². The molecule has 1 rings (SSSR count). The number of carbonyl (C=O) groups is 1. The molecule has 0 saturated heterocycles. The molecule has 0 spiro atoms. The van der Waals surface area contributed by atoms with Gasteiger partial charge in [-0.15, -0.1) is 0 Å². The number of nitrogens with zero attached hydrogens (tertiary/aromatic N) is 4. The molecule has 1 amide bonds. The third-order valence-corrected chi connectivity index (χ3v) is 6.92. The molecule has 186 valence electrons. The molecule has 0 aliphatic rings. The van der Waals surface area contributed by atoms with Crippen LogP contribution in [0.2, 0.25) is 0 Å². The summed E-state index contributed by atoms with van der Waals surface area (Å²) in [5, 5.41) is 3.38. The second-order valence-electron chi connectivity index (χ2n) is 7.53. The molecule has 0 aliphatic carbocycles. The molecule has 0 atom stereocenters. The maximum atomic E-state index is 12.8. The van der Waals surface area contributed by atoms with Crippen molar-refractivity contribution in [2.75, 3.05) is 70.5 Å². The van der Waals surface area contributed by atoms with Gasteiger partial charge in [-0.2, -0.15) is 0 Å². The van der Waals surface area contributed by atoms with Crippen LogP contribution in [0.5, 0.6) is 0 Å². The minimum Gasteiger partial charge on any atom is -0.448 e. The molecule has 0 aliphatic heterocycles. The van der Waals surface area contributed by atoms with Crippen molar-refractivity contribution in [2.45, 2.75) is 31.9 Å². The lowest BCUT2D eigenvalue weighted by molar-refractivity contribution is 0.0172. The summed E-state index contributed by atoms with van der Waals surface area (Å²) in [7, 11) is 3.33. The number of azide groups is 1. The van der Waals surface area contributed by atoms with Crippen LogP contribution in [0.4, 0.5) is 10.5 Å². The van der Waals surface area contributed by atoms with Crippen molar-refractivity contribution in [2.24, 2.45) is 5.11 Å². The molecule has 11 heteroatoms. The van der Waals surface area contributed by atoms with E-state index < -0.39 is 0 Å². The number of anilines is 1. The zero-order valence-corrected chi connectivity index (χ0v) is 21.7. The predicted octanol–water partition coefficient (Wildman–Crippen LogP) is 5.34. The molecule has 9 nitrogen and oxygen atoms in total. The highest BCUT2D eigenvalue weighted by Crippen LogP contribution is 2.33. The maximum Gasteiger partial charge on any atom is 0.414 e. The van der Waals surface area contributed by atoms with Gasteiger partial charge in [0, 0.05) is 17.1 Å². The Morgan fingerprint density at radius 3 is 2.24 bits per heavy atom. The lowest BCUT2D eigenvalue weighted by atomic mass is 10.1. The first-order valence-corrected chi connectivity index (χ1v) is 13.5. The fraction of sp³-hybridized carbons (Fsp3) is 0.682. The minimum atomic E-state index is -0.383. The van der Waals surface area contributed by atoms with Gasteiger partial charge in [0.2, 0.25) is 0 Å². The van der Waals surface area contributed by atoms with Crippen molar-refractivity contribution >= 4 is 33.4 Å². The van der Waals surface area contributed by atoms with Gasteiger partial charge in [0.15, 0.2) is 0 Å². The molecule has 1 aromatic rings. The molecular weight excluding hydrogens is 464 g/mol. The van der Waals surface area contributed by atoms with E-state index in [1.165, 1.54) is 5.56 Å². The third kappa shape index (κ3) is 13.6. The predicted molar refractivity (Wildman–Crippen MR) is 136 cm³/mol. The molecule has 0 heterocycles. The Morgan fingerprint density at radius 2 is 1.67 bits per heavy atom. The standard InChI is InChI=1S/C22H36N4O5S2/c1-5-19-6-8-20(9-7-19)26(21(27)31-18-22(2,3)33-32-4)11-13-29-15-17-30-16-14-28-12-10-24-25-23/h6-9H,5,10-18H2,1-4H3. The number of hydrogen-bond donors (Lipinski definition) is 0. The largest absolute Gasteiger partial charge is 0.448 e. The SMILES string of the molecule is CCc1ccc(N(CCOCCOCCOCCN=[N+]=[N-])C(=O)OCC(C)(C)SSC)cc1. The van der Waals surface area contributed by atoms with Gasteiger partial charge in [-0.3, -0.25) is 4.90 Å². The van der Waals surface area contributed by atoms with Crippen LogP contribution in [0.15, 0.2) is 29.4 Å². The van der Waals surface area contributed by atoms with Crippen molar-refractivity contribution in [3.05, 3.63) is 40.3 Å². The van der Waals surface area contributed by atoms with E-state index in [4.69, 9.17) is 24.5 Å². The summed E-state index contributed by atoms with van der Waals surface area (Å²) < 4.78 is 21.8. The first-order valence-electron chi connectivity index (χ1n) is 10.9. The summed E-state index contributed by atoms with van der Waals surface area (Å²) >= 11 is 0. The normalized spacial score (nSPS) is 11.2. The van der Waals surface area contributed by atoms with Crippen molar-refractivity contribution in [1.29, 1.82) is 0 Å². The Morgan fingerprint density at radius 1 is 1.06 bits per heavy atom. The molecule has 0 unspecified atom stereocenters. The quantitative estimate of drug-likeness (QED) is 0.0880. The zero-order valence-electron chi connectivity index (χ0n) is 20.0. The molecule has 0 N–H and O–H groups in total. The first-order chi connectivity index (χ1) is 15.9. The molecule has 0 saturated carbocycles. The lowest BCUT2D eigenvalue weighted by Crippen LogP contribution is -2.37. The molecule has 0 aromatic heterocycles. The van der Waals surface area contributed by atoms with Crippen LogP contribution < -0.4 is 4.90 Å². The van der Waals surface area contributed by atoms with E-state index in [9.17, 15) is 4.79 Å². The second-order valence-corrected chi connectivity index (χ2v) is 10.6. The molecule has 0 fully saturated rings. The van der Waals surface area contributed by atoms with E-state index >= 15 is 0 Å². The number of rotatable bonds is 18. The van der Waals surface area contributed by atoms with Crippen LogP contribution in [-0.4, -0.2) is 76.4 Å². The zero-order chi connectivity index (χ0) is 24.4. The fourth-order valence-electron chi connectivity index (χ4n) is 2.65. The average molecular weight is 501 g/mol. The number of aryl methyl sites for hydroxylation is 1. The van der Waals surface area contributed by atoms with Gasteiger partial charge < -0.3 is 18.9 Å². The monoisotopic (exact) mass is 500 g/mol. The summed E-state index contributed by atoms with van der Waals surface area (Å²) in [6.07, 6.45) is 2.56. The minimum absolute atomic E-state index is 0.173. The molecule has 1 aromatic carbocycles. The highest BCUT2D eigenvalue weighted by Gasteiger charge is 2.24. The van der Waals surface area contributed by atoms with Crippen molar-refractivity contribution in [3.63, 3.8) is 0 Å². The van der Waals surface area contributed by atoms with Gasteiger partial charge in [-0.05, 0) is 49.8 Å². The Labute approximate surface area is 204 Å². The third-order valence-electron chi connectivity index (χ3n) is 4.33. The Balaban J connectivity index is 2.43. The summed E-state index contributed by atoms with van der Waals surface area (Å²) in [6.45, 7) is 9.65. The average Bonchev–Trinajstić information content (AvgIpc) is 2.81. The van der Waals surface area contributed by atoms with Gasteiger partial charge in [0.05, 0.1) is 50.9 Å². The van der Waals surface area contributed by atoms with Crippen LogP contribution in [0.1, 0.15) is 26.3 Å². The van der Waals surface area contributed by atoms with Crippen LogP contribution in [-0.2, 0) is 25.4 Å². The number of ether oxygens (including phenoxy) is 4. The van der Waals surface area contributed by atoms with Gasteiger partial charge in [0.25, 0.3) is 0 Å². The number of hydrogen-bond acceptors (Lipinski definition) is 8. The number of benzene rings is 1. The van der Waals surface area contributed by atoms with Crippen molar-refractivity contribution in [1.82, 2.24) is 0 Å². The van der Waals surface area contributed by atoms with Gasteiger partial charge in [-0.1, -0.05) is 45.8 Å². The maximum absolute atomic E-state index is 12.8. The topological polar surface area (TPSA) is 106 Å². The van der Waals surface area contributed by atoms with Gasteiger partial charge in [0.1, 0.15) is 6.61 Å². The van der Waals surface area contributed by atoms with E-state index in [2.05, 4.69) is 30.8 Å². The highest BCUT2D eigenvalue weighted by atomic mass is 33.1. The first kappa shape index (κ1) is 29.4. The highest BCUT2D eigenvalue weighted by molar-refractivity contribution is 8.76. The van der Waals surface area contributed by atoms with E-state index in [1.807, 2.05) is 30.5 Å². The van der Waals surface area contributed by atoms with Crippen LogP contribution in [0, 0.1) is 0 Å². The van der Waals surface area contributed by atoms with E-state index in [-0.39, 0.29) is 10.8 Å². The summed E-state index contributed by atoms with van der Waals surface area (Å²) in [5.41, 5.74) is 10.2. The van der Waals surface area contributed by atoms with Crippen LogP contribution in [0.25, 0.3) is 10.4 Å². The van der Waals surface area contributed by atoms with Crippen molar-refractivity contribution < 1.29 is 23.7 Å². The number of carbonyl (C=O) groups excluding carboxylic acids is 1. The summed E-state index contributed by atoms with van der Waals surface area (Å²) in [5.74, 6) is 0. The second kappa shape index (κ2) is 17.8.